The summed E-state index contributed by atoms with van der Waals surface area (Å²) in [5.74, 6) is -0.349. The Hall–Kier alpha value is -1.46. The first-order valence-corrected chi connectivity index (χ1v) is 6.45. The molecule has 0 aromatic rings. The van der Waals surface area contributed by atoms with Gasteiger partial charge in [0.1, 0.15) is 6.10 Å². The highest BCUT2D eigenvalue weighted by Gasteiger charge is 2.31. The van der Waals surface area contributed by atoms with Crippen LogP contribution < -0.4 is 0 Å². The van der Waals surface area contributed by atoms with E-state index in [2.05, 4.69) is 0 Å². The van der Waals surface area contributed by atoms with Crippen molar-refractivity contribution in [1.82, 2.24) is 4.90 Å². The Morgan fingerprint density at radius 3 is 2.84 bits per heavy atom. The van der Waals surface area contributed by atoms with Crippen molar-refractivity contribution in [1.29, 1.82) is 0 Å². The quantitative estimate of drug-likeness (QED) is 0.569. The van der Waals surface area contributed by atoms with Crippen LogP contribution in [0.4, 0.5) is 0 Å². The van der Waals surface area contributed by atoms with Crippen LogP contribution in [0.15, 0.2) is 23.9 Å². The number of carbonyl (C=O) groups is 2. The van der Waals surface area contributed by atoms with Crippen molar-refractivity contribution < 1.29 is 19.1 Å². The molecule has 2 aliphatic rings. The van der Waals surface area contributed by atoms with Crippen LogP contribution in [0.25, 0.3) is 0 Å². The molecule has 104 valence electrons. The molecule has 0 saturated heterocycles. The average Bonchev–Trinajstić information content (AvgIpc) is 2.80. The van der Waals surface area contributed by atoms with Gasteiger partial charge in [-0.2, -0.15) is 0 Å². The Morgan fingerprint density at radius 1 is 1.42 bits per heavy atom. The highest BCUT2D eigenvalue weighted by Crippen LogP contribution is 2.21. The van der Waals surface area contributed by atoms with Gasteiger partial charge in [0.2, 0.25) is 5.91 Å². The van der Waals surface area contributed by atoms with Crippen LogP contribution in [0, 0.1) is 0 Å². The SMILES string of the molecule is CC1=CN([C@H]2C=C[C@@H](COC(C)C)O2)C(=O)CC1=O. The predicted molar refractivity (Wildman–Crippen MR) is 69.1 cm³/mol. The van der Waals surface area contributed by atoms with Crippen LogP contribution in [0.3, 0.4) is 0 Å². The Morgan fingerprint density at radius 2 is 2.16 bits per heavy atom. The zero-order valence-electron chi connectivity index (χ0n) is 11.5. The van der Waals surface area contributed by atoms with Gasteiger partial charge in [-0.25, -0.2) is 0 Å². The van der Waals surface area contributed by atoms with Crippen molar-refractivity contribution in [3.63, 3.8) is 0 Å². The average molecular weight is 265 g/mol. The smallest absolute Gasteiger partial charge is 0.236 e. The van der Waals surface area contributed by atoms with Crippen LogP contribution in [0.1, 0.15) is 27.2 Å². The fourth-order valence-corrected chi connectivity index (χ4v) is 1.97. The van der Waals surface area contributed by atoms with E-state index < -0.39 is 6.23 Å². The molecule has 0 saturated carbocycles. The van der Waals surface area contributed by atoms with Crippen molar-refractivity contribution in [2.24, 2.45) is 0 Å². The molecule has 0 bridgehead atoms. The maximum Gasteiger partial charge on any atom is 0.236 e. The highest BCUT2D eigenvalue weighted by atomic mass is 16.6. The second-order valence-electron chi connectivity index (χ2n) is 5.05. The summed E-state index contributed by atoms with van der Waals surface area (Å²) < 4.78 is 11.2. The first kappa shape index (κ1) is 14.0. The summed E-state index contributed by atoms with van der Waals surface area (Å²) in [4.78, 5) is 24.7. The normalized spacial score (nSPS) is 27.4. The third kappa shape index (κ3) is 3.30. The number of nitrogens with zero attached hydrogens (tertiary/aromatic N) is 1. The maximum absolute atomic E-state index is 11.8. The molecule has 0 aromatic carbocycles. The lowest BCUT2D eigenvalue weighted by Crippen LogP contribution is -2.40. The lowest BCUT2D eigenvalue weighted by molar-refractivity contribution is -0.143. The van der Waals surface area contributed by atoms with E-state index in [0.717, 1.165) is 0 Å². The monoisotopic (exact) mass is 265 g/mol. The van der Waals surface area contributed by atoms with E-state index in [1.165, 1.54) is 4.90 Å². The summed E-state index contributed by atoms with van der Waals surface area (Å²) in [6.07, 6.45) is 4.76. The summed E-state index contributed by atoms with van der Waals surface area (Å²) in [5, 5.41) is 0. The van der Waals surface area contributed by atoms with E-state index in [-0.39, 0.29) is 30.3 Å². The minimum Gasteiger partial charge on any atom is -0.376 e. The second kappa shape index (κ2) is 5.67. The third-order valence-corrected chi connectivity index (χ3v) is 3.04. The molecule has 2 rings (SSSR count). The standard InChI is InChI=1S/C14H19NO4/c1-9(2)18-8-11-4-5-14(19-11)15-7-10(3)12(16)6-13(15)17/h4-5,7,9,11,14H,6,8H2,1-3H3/t11-,14+/m0/s1. The van der Waals surface area contributed by atoms with Gasteiger partial charge < -0.3 is 9.47 Å². The van der Waals surface area contributed by atoms with E-state index in [9.17, 15) is 9.59 Å². The number of carbonyl (C=O) groups excluding carboxylic acids is 2. The maximum atomic E-state index is 11.8. The molecule has 0 N–H and O–H groups in total. The molecule has 2 heterocycles. The van der Waals surface area contributed by atoms with Gasteiger partial charge in [-0.3, -0.25) is 14.5 Å². The van der Waals surface area contributed by atoms with Gasteiger partial charge in [0.25, 0.3) is 0 Å². The molecule has 0 unspecified atom stereocenters. The van der Waals surface area contributed by atoms with Crippen LogP contribution in [0.5, 0.6) is 0 Å². The molecular weight excluding hydrogens is 246 g/mol. The van der Waals surface area contributed by atoms with Crippen LogP contribution in [0.2, 0.25) is 0 Å². The Bertz CT molecular complexity index is 439. The van der Waals surface area contributed by atoms with Crippen molar-refractivity contribution in [2.75, 3.05) is 6.61 Å². The molecule has 1 amide bonds. The van der Waals surface area contributed by atoms with Crippen molar-refractivity contribution in [3.8, 4) is 0 Å². The Labute approximate surface area is 112 Å². The van der Waals surface area contributed by atoms with Gasteiger partial charge in [-0.1, -0.05) is 6.08 Å². The van der Waals surface area contributed by atoms with Crippen molar-refractivity contribution in [2.45, 2.75) is 45.6 Å². The lowest BCUT2D eigenvalue weighted by Gasteiger charge is -2.28. The third-order valence-electron chi connectivity index (χ3n) is 3.04. The molecule has 19 heavy (non-hydrogen) atoms. The summed E-state index contributed by atoms with van der Waals surface area (Å²) in [7, 11) is 0. The fourth-order valence-electron chi connectivity index (χ4n) is 1.97. The number of amides is 1. The molecule has 0 aliphatic carbocycles. The zero-order chi connectivity index (χ0) is 14.0. The summed E-state index contributed by atoms with van der Waals surface area (Å²) in [5.41, 5.74) is 0.582. The molecule has 0 spiro atoms. The topological polar surface area (TPSA) is 55.8 Å². The number of Topliss-reactive ketones (excluding diaryl/α,β-unsaturated/α-hetero) is 1. The van der Waals surface area contributed by atoms with Crippen LogP contribution in [-0.4, -0.2) is 41.6 Å². The van der Waals surface area contributed by atoms with Crippen LogP contribution >= 0.6 is 0 Å². The van der Waals surface area contributed by atoms with Crippen molar-refractivity contribution in [3.05, 3.63) is 23.9 Å². The van der Waals surface area contributed by atoms with Crippen molar-refractivity contribution >= 4 is 11.7 Å². The van der Waals surface area contributed by atoms with Gasteiger partial charge in [-0.15, -0.1) is 0 Å². The molecule has 0 fully saturated rings. The minimum absolute atomic E-state index is 0.0802. The van der Waals surface area contributed by atoms with Gasteiger partial charge in [0.15, 0.2) is 12.0 Å². The van der Waals surface area contributed by atoms with Gasteiger partial charge in [0, 0.05) is 11.8 Å². The Balaban J connectivity index is 1.96. The number of ketones is 1. The molecule has 0 aromatic heterocycles. The summed E-state index contributed by atoms with van der Waals surface area (Å²) in [6.45, 7) is 6.10. The lowest BCUT2D eigenvalue weighted by atomic mass is 10.1. The number of ether oxygens (including phenoxy) is 2. The number of hydrogen-bond acceptors (Lipinski definition) is 4. The van der Waals surface area contributed by atoms with Gasteiger partial charge >= 0.3 is 0 Å². The fraction of sp³-hybridized carbons (Fsp3) is 0.571. The molecule has 5 heteroatoms. The van der Waals surface area contributed by atoms with E-state index >= 15 is 0 Å². The van der Waals surface area contributed by atoms with E-state index in [1.54, 1.807) is 13.1 Å². The number of hydrogen-bond donors (Lipinski definition) is 0. The second-order valence-corrected chi connectivity index (χ2v) is 5.05. The molecular formula is C14H19NO4. The zero-order valence-corrected chi connectivity index (χ0v) is 11.5. The Kier molecular flexibility index (Phi) is 4.17. The highest BCUT2D eigenvalue weighted by molar-refractivity contribution is 6.09. The molecule has 0 radical (unpaired) electrons. The largest absolute Gasteiger partial charge is 0.376 e. The first-order chi connectivity index (χ1) is 8.97. The van der Waals surface area contributed by atoms with E-state index in [0.29, 0.717) is 12.2 Å². The van der Waals surface area contributed by atoms with E-state index in [1.807, 2.05) is 26.0 Å². The van der Waals surface area contributed by atoms with Crippen LogP contribution in [-0.2, 0) is 19.1 Å². The summed E-state index contributed by atoms with van der Waals surface area (Å²) >= 11 is 0. The number of allylic oxidation sites excluding steroid dienone is 1. The molecule has 5 nitrogen and oxygen atoms in total. The van der Waals surface area contributed by atoms with E-state index in [4.69, 9.17) is 9.47 Å². The predicted octanol–water partition coefficient (Wildman–Crippen LogP) is 1.40. The van der Waals surface area contributed by atoms with Gasteiger partial charge in [0.05, 0.1) is 19.1 Å². The minimum atomic E-state index is -0.434. The molecule has 2 atom stereocenters. The van der Waals surface area contributed by atoms with Gasteiger partial charge in [-0.05, 0) is 26.8 Å². The summed E-state index contributed by atoms with van der Waals surface area (Å²) in [6, 6.07) is 0. The first-order valence-electron chi connectivity index (χ1n) is 6.45. The molecule has 2 aliphatic heterocycles. The number of rotatable bonds is 4.